The second kappa shape index (κ2) is 3.36. The molecule has 0 fully saturated rings. The molecule has 9 heavy (non-hydrogen) atoms. The summed E-state index contributed by atoms with van der Waals surface area (Å²) in [6.45, 7) is 0. The fourth-order valence-corrected chi connectivity index (χ4v) is 2.97. The zero-order valence-corrected chi connectivity index (χ0v) is 7.66. The Morgan fingerprint density at radius 2 is 2.11 bits per heavy atom. The molecule has 0 aliphatic heterocycles. The summed E-state index contributed by atoms with van der Waals surface area (Å²) in [7, 11) is -1.78. The molecular formula is C4H6O2P2S. The Balaban J connectivity index is 3.12. The number of thiophene rings is 1. The van der Waals surface area contributed by atoms with Gasteiger partial charge in [-0.3, -0.25) is 0 Å². The maximum atomic E-state index is 10.3. The molecule has 0 saturated heterocycles. The maximum absolute atomic E-state index is 10.3. The number of hydrogen-bond donors (Lipinski definition) is 0. The van der Waals surface area contributed by atoms with Gasteiger partial charge in [0.05, 0.1) is 13.1 Å². The highest BCUT2D eigenvalue weighted by Crippen LogP contribution is 2.05. The van der Waals surface area contributed by atoms with Crippen LogP contribution in [0.2, 0.25) is 0 Å². The lowest BCUT2D eigenvalue weighted by atomic mass is 10.7. The molecule has 2 atom stereocenters. The molecule has 0 aromatic carbocycles. The Morgan fingerprint density at radius 3 is 2.56 bits per heavy atom. The van der Waals surface area contributed by atoms with Gasteiger partial charge < -0.3 is 9.13 Å². The van der Waals surface area contributed by atoms with Crippen molar-refractivity contribution in [3.63, 3.8) is 0 Å². The smallest absolute Gasteiger partial charge is 0.102 e. The van der Waals surface area contributed by atoms with E-state index in [1.807, 2.05) is 5.38 Å². The molecule has 0 aliphatic rings. The third-order valence-electron chi connectivity index (χ3n) is 0.961. The predicted octanol–water partition coefficient (Wildman–Crippen LogP) is 0.511. The molecule has 0 N–H and O–H groups in total. The van der Waals surface area contributed by atoms with Crippen LogP contribution in [-0.2, 0) is 9.13 Å². The topological polar surface area (TPSA) is 34.1 Å². The molecular weight excluding hydrogens is 174 g/mol. The van der Waals surface area contributed by atoms with Crippen LogP contribution >= 0.6 is 28.3 Å². The fraction of sp³-hybridized carbons (Fsp3) is 0. The van der Waals surface area contributed by atoms with Crippen molar-refractivity contribution >= 4 is 38.2 Å². The van der Waals surface area contributed by atoms with Gasteiger partial charge in [0.2, 0.25) is 0 Å². The highest BCUT2D eigenvalue weighted by atomic mass is 32.1. The SMILES string of the molecule is O=[PH2]c1ccsc1[PH2]=O. The summed E-state index contributed by atoms with van der Waals surface area (Å²) in [5, 5.41) is 2.60. The van der Waals surface area contributed by atoms with Crippen LogP contribution in [0.25, 0.3) is 0 Å². The van der Waals surface area contributed by atoms with Crippen LogP contribution in [-0.4, -0.2) is 0 Å². The van der Waals surface area contributed by atoms with Crippen molar-refractivity contribution in [3.05, 3.63) is 11.4 Å². The average molecular weight is 180 g/mol. The van der Waals surface area contributed by atoms with Crippen molar-refractivity contribution < 1.29 is 9.13 Å². The molecule has 1 aromatic rings. The summed E-state index contributed by atoms with van der Waals surface area (Å²) in [5.74, 6) is 0. The van der Waals surface area contributed by atoms with Gasteiger partial charge in [-0.05, 0) is 11.4 Å². The van der Waals surface area contributed by atoms with E-state index in [9.17, 15) is 9.13 Å². The van der Waals surface area contributed by atoms with E-state index >= 15 is 0 Å². The van der Waals surface area contributed by atoms with Crippen LogP contribution in [0.3, 0.4) is 0 Å². The molecule has 0 bridgehead atoms. The summed E-state index contributed by atoms with van der Waals surface area (Å²) in [4.78, 5) is 0. The number of hydrogen-bond acceptors (Lipinski definition) is 3. The highest BCUT2D eigenvalue weighted by Gasteiger charge is 1.96. The summed E-state index contributed by atoms with van der Waals surface area (Å²) in [6.07, 6.45) is 0. The minimum Gasteiger partial charge on any atom is -0.325 e. The molecule has 1 rings (SSSR count). The summed E-state index contributed by atoms with van der Waals surface area (Å²) >= 11 is 1.42. The van der Waals surface area contributed by atoms with Crippen molar-refractivity contribution in [3.8, 4) is 0 Å². The maximum Gasteiger partial charge on any atom is 0.102 e. The van der Waals surface area contributed by atoms with E-state index in [-0.39, 0.29) is 0 Å². The summed E-state index contributed by atoms with van der Waals surface area (Å²) < 4.78 is 21.5. The first-order valence-corrected chi connectivity index (χ1v) is 5.34. The van der Waals surface area contributed by atoms with E-state index in [1.165, 1.54) is 11.3 Å². The van der Waals surface area contributed by atoms with E-state index in [4.69, 9.17) is 0 Å². The fourth-order valence-electron chi connectivity index (χ4n) is 0.524. The zero-order chi connectivity index (χ0) is 6.69. The van der Waals surface area contributed by atoms with E-state index in [0.29, 0.717) is 0 Å². The molecule has 0 spiro atoms. The Labute approximate surface area is 59.3 Å². The normalized spacial score (nSPS) is 12.4. The van der Waals surface area contributed by atoms with Gasteiger partial charge in [-0.1, -0.05) is 0 Å². The third kappa shape index (κ3) is 1.54. The molecule has 0 amide bonds. The Bertz CT molecular complexity index is 210. The van der Waals surface area contributed by atoms with Gasteiger partial charge in [0, 0.05) is 5.30 Å². The van der Waals surface area contributed by atoms with Crippen molar-refractivity contribution in [2.24, 2.45) is 0 Å². The van der Waals surface area contributed by atoms with Gasteiger partial charge in [-0.15, -0.1) is 11.3 Å². The molecule has 0 saturated carbocycles. The first-order valence-electron chi connectivity index (χ1n) is 2.36. The Hall–Kier alpha value is 0.160. The number of rotatable bonds is 2. The predicted molar refractivity (Wildman–Crippen MR) is 44.4 cm³/mol. The Morgan fingerprint density at radius 1 is 1.33 bits per heavy atom. The standard InChI is InChI=1S/C4H6O2P2S/c5-7-3-1-2-9-4(3)8-6/h1-2H,7-8H2. The highest BCUT2D eigenvalue weighted by molar-refractivity contribution is 7.52. The second-order valence-electron chi connectivity index (χ2n) is 1.48. The molecule has 50 valence electrons. The average Bonchev–Trinajstić information content (AvgIpc) is 2.33. The molecule has 2 unspecified atom stereocenters. The van der Waals surface area contributed by atoms with Gasteiger partial charge in [0.25, 0.3) is 0 Å². The largest absolute Gasteiger partial charge is 0.325 e. The lowest BCUT2D eigenvalue weighted by Gasteiger charge is -1.80. The minimum absolute atomic E-state index is 0.782. The third-order valence-corrected chi connectivity index (χ3v) is 4.27. The van der Waals surface area contributed by atoms with Crippen LogP contribution < -0.4 is 9.92 Å². The lowest BCUT2D eigenvalue weighted by molar-refractivity contribution is 0.601. The molecule has 0 radical (unpaired) electrons. The summed E-state index contributed by atoms with van der Waals surface area (Å²) in [5.41, 5.74) is 0. The van der Waals surface area contributed by atoms with E-state index in [2.05, 4.69) is 0 Å². The van der Waals surface area contributed by atoms with Crippen LogP contribution in [0.5, 0.6) is 0 Å². The second-order valence-corrected chi connectivity index (χ2v) is 4.51. The zero-order valence-electron chi connectivity index (χ0n) is 4.53. The summed E-state index contributed by atoms with van der Waals surface area (Å²) in [6, 6.07) is 1.77. The molecule has 0 aliphatic carbocycles. The Kier molecular flexibility index (Phi) is 2.71. The van der Waals surface area contributed by atoms with Gasteiger partial charge in [-0.25, -0.2) is 0 Å². The van der Waals surface area contributed by atoms with Gasteiger partial charge in [-0.2, -0.15) is 0 Å². The van der Waals surface area contributed by atoms with Crippen molar-refractivity contribution in [1.82, 2.24) is 0 Å². The molecule has 5 heteroatoms. The molecule has 1 heterocycles. The van der Waals surface area contributed by atoms with Crippen molar-refractivity contribution in [2.75, 3.05) is 0 Å². The van der Waals surface area contributed by atoms with E-state index in [1.54, 1.807) is 6.07 Å². The first kappa shape index (κ1) is 7.27. The van der Waals surface area contributed by atoms with Crippen LogP contribution in [0.1, 0.15) is 0 Å². The monoisotopic (exact) mass is 180 g/mol. The quantitative estimate of drug-likeness (QED) is 0.621. The van der Waals surface area contributed by atoms with E-state index < -0.39 is 16.9 Å². The minimum atomic E-state index is -0.892. The molecule has 2 nitrogen and oxygen atoms in total. The van der Waals surface area contributed by atoms with Gasteiger partial charge >= 0.3 is 0 Å². The van der Waals surface area contributed by atoms with Crippen LogP contribution in [0.15, 0.2) is 11.4 Å². The van der Waals surface area contributed by atoms with Crippen LogP contribution in [0.4, 0.5) is 0 Å². The van der Waals surface area contributed by atoms with Crippen molar-refractivity contribution in [1.29, 1.82) is 0 Å². The first-order chi connectivity index (χ1) is 4.38. The molecule has 1 aromatic heterocycles. The van der Waals surface area contributed by atoms with E-state index in [0.717, 1.165) is 9.92 Å². The van der Waals surface area contributed by atoms with Crippen LogP contribution in [0, 0.1) is 0 Å². The lowest BCUT2D eigenvalue weighted by Crippen LogP contribution is -2.02. The van der Waals surface area contributed by atoms with Gasteiger partial charge in [0.1, 0.15) is 8.46 Å². The van der Waals surface area contributed by atoms with Crippen molar-refractivity contribution in [2.45, 2.75) is 0 Å². The van der Waals surface area contributed by atoms with Gasteiger partial charge in [0.15, 0.2) is 0 Å².